The Morgan fingerprint density at radius 2 is 1.93 bits per heavy atom. The first kappa shape index (κ1) is 13.0. The van der Waals surface area contributed by atoms with Crippen LogP contribution in [0.3, 0.4) is 0 Å². The third kappa shape index (κ3) is 2.94. The van der Waals surface area contributed by atoms with E-state index >= 15 is 0 Å². The van der Waals surface area contributed by atoms with Gasteiger partial charge < -0.3 is 5.32 Å². The van der Waals surface area contributed by atoms with Gasteiger partial charge in [-0.25, -0.2) is 0 Å². The van der Waals surface area contributed by atoms with Crippen molar-refractivity contribution in [1.82, 2.24) is 10.2 Å². The molecule has 1 aliphatic rings. The predicted octanol–water partition coefficient (Wildman–Crippen LogP) is 2.49. The van der Waals surface area contributed by atoms with E-state index in [1.54, 1.807) is 0 Å². The van der Waals surface area contributed by atoms with E-state index in [-0.39, 0.29) is 0 Å². The molecule has 1 heterocycles. The highest BCUT2D eigenvalue weighted by molar-refractivity contribution is 4.90. The molecule has 0 amide bonds. The second-order valence-corrected chi connectivity index (χ2v) is 5.45. The number of hydrogen-bond acceptors (Lipinski definition) is 2. The van der Waals surface area contributed by atoms with E-state index in [2.05, 4.69) is 44.8 Å². The summed E-state index contributed by atoms with van der Waals surface area (Å²) in [5, 5.41) is 3.63. The molecule has 15 heavy (non-hydrogen) atoms. The minimum Gasteiger partial charge on any atom is -0.311 e. The molecule has 1 aliphatic heterocycles. The van der Waals surface area contributed by atoms with Gasteiger partial charge in [0.1, 0.15) is 0 Å². The van der Waals surface area contributed by atoms with E-state index in [0.717, 1.165) is 12.5 Å². The Labute approximate surface area is 95.4 Å². The maximum absolute atomic E-state index is 3.63. The molecule has 0 spiro atoms. The first-order valence-corrected chi connectivity index (χ1v) is 6.52. The van der Waals surface area contributed by atoms with E-state index in [9.17, 15) is 0 Å². The molecule has 1 saturated heterocycles. The lowest BCUT2D eigenvalue weighted by molar-refractivity contribution is 0.0531. The smallest absolute Gasteiger partial charge is 0.0218 e. The number of nitrogens with one attached hydrogen (secondary N) is 1. The first-order chi connectivity index (χ1) is 7.03. The Morgan fingerprint density at radius 3 is 2.40 bits per heavy atom. The van der Waals surface area contributed by atoms with Crippen LogP contribution in [0.5, 0.6) is 0 Å². The van der Waals surface area contributed by atoms with Crippen molar-refractivity contribution in [3.05, 3.63) is 0 Å². The molecule has 0 bridgehead atoms. The summed E-state index contributed by atoms with van der Waals surface area (Å²) in [6.07, 6.45) is 2.52. The average molecular weight is 212 g/mol. The Hall–Kier alpha value is -0.0800. The standard InChI is InChI=1S/C13H28N2/c1-6-13(5,7-2)15-9-8-14-12(10-15)11(3)4/h11-12,14H,6-10H2,1-5H3. The van der Waals surface area contributed by atoms with Crippen molar-refractivity contribution in [3.63, 3.8) is 0 Å². The van der Waals surface area contributed by atoms with E-state index in [0.29, 0.717) is 11.6 Å². The van der Waals surface area contributed by atoms with Gasteiger partial charge >= 0.3 is 0 Å². The molecule has 1 unspecified atom stereocenters. The summed E-state index contributed by atoms with van der Waals surface area (Å²) in [7, 11) is 0. The fourth-order valence-electron chi connectivity index (χ4n) is 2.41. The Kier molecular flexibility index (Phi) is 4.60. The summed E-state index contributed by atoms with van der Waals surface area (Å²) >= 11 is 0. The van der Waals surface area contributed by atoms with Gasteiger partial charge in [0.05, 0.1) is 0 Å². The lowest BCUT2D eigenvalue weighted by Crippen LogP contribution is -2.59. The predicted molar refractivity (Wildman–Crippen MR) is 67.2 cm³/mol. The third-order valence-corrected chi connectivity index (χ3v) is 4.30. The van der Waals surface area contributed by atoms with Gasteiger partial charge in [-0.1, -0.05) is 27.7 Å². The zero-order chi connectivity index (χ0) is 11.5. The Morgan fingerprint density at radius 1 is 1.33 bits per heavy atom. The normalized spacial score (nSPS) is 24.8. The van der Waals surface area contributed by atoms with Crippen LogP contribution in [0.1, 0.15) is 47.5 Å². The molecular formula is C13H28N2. The van der Waals surface area contributed by atoms with Gasteiger partial charge in [0.2, 0.25) is 0 Å². The zero-order valence-electron chi connectivity index (χ0n) is 11.1. The lowest BCUT2D eigenvalue weighted by atomic mass is 9.90. The maximum atomic E-state index is 3.63. The molecule has 0 saturated carbocycles. The maximum Gasteiger partial charge on any atom is 0.0218 e. The molecule has 90 valence electrons. The molecule has 2 nitrogen and oxygen atoms in total. The van der Waals surface area contributed by atoms with Crippen LogP contribution in [0.4, 0.5) is 0 Å². The molecule has 1 fully saturated rings. The van der Waals surface area contributed by atoms with Crippen LogP contribution in [0, 0.1) is 5.92 Å². The van der Waals surface area contributed by atoms with Gasteiger partial charge in [-0.15, -0.1) is 0 Å². The highest BCUT2D eigenvalue weighted by atomic mass is 15.2. The van der Waals surface area contributed by atoms with E-state index < -0.39 is 0 Å². The highest BCUT2D eigenvalue weighted by Crippen LogP contribution is 2.25. The average Bonchev–Trinajstić information content (AvgIpc) is 2.28. The van der Waals surface area contributed by atoms with Gasteiger partial charge in [-0.3, -0.25) is 4.90 Å². The summed E-state index contributed by atoms with van der Waals surface area (Å²) in [4.78, 5) is 2.69. The fourth-order valence-corrected chi connectivity index (χ4v) is 2.41. The van der Waals surface area contributed by atoms with Crippen molar-refractivity contribution in [1.29, 1.82) is 0 Å². The number of rotatable bonds is 4. The van der Waals surface area contributed by atoms with E-state index in [4.69, 9.17) is 0 Å². The van der Waals surface area contributed by atoms with Crippen LogP contribution in [0.2, 0.25) is 0 Å². The zero-order valence-corrected chi connectivity index (χ0v) is 11.1. The fraction of sp³-hybridized carbons (Fsp3) is 1.00. The molecule has 0 aromatic carbocycles. The van der Waals surface area contributed by atoms with E-state index in [1.165, 1.54) is 25.9 Å². The topological polar surface area (TPSA) is 15.3 Å². The molecule has 2 heteroatoms. The molecule has 0 radical (unpaired) electrons. The van der Waals surface area contributed by atoms with Gasteiger partial charge in [0, 0.05) is 31.2 Å². The SMILES string of the molecule is CCC(C)(CC)N1CCNC(C(C)C)C1. The number of piperazine rings is 1. The van der Waals surface area contributed by atoms with Crippen LogP contribution in [0.25, 0.3) is 0 Å². The van der Waals surface area contributed by atoms with Crippen LogP contribution < -0.4 is 5.32 Å². The van der Waals surface area contributed by atoms with Crippen LogP contribution in [0.15, 0.2) is 0 Å². The van der Waals surface area contributed by atoms with Crippen molar-refractivity contribution in [3.8, 4) is 0 Å². The largest absolute Gasteiger partial charge is 0.311 e. The van der Waals surface area contributed by atoms with Gasteiger partial charge in [-0.05, 0) is 25.7 Å². The van der Waals surface area contributed by atoms with Crippen LogP contribution in [-0.4, -0.2) is 36.1 Å². The van der Waals surface area contributed by atoms with Crippen LogP contribution >= 0.6 is 0 Å². The quantitative estimate of drug-likeness (QED) is 0.770. The molecular weight excluding hydrogens is 184 g/mol. The second kappa shape index (κ2) is 5.31. The second-order valence-electron chi connectivity index (χ2n) is 5.45. The van der Waals surface area contributed by atoms with Crippen molar-refractivity contribution >= 4 is 0 Å². The summed E-state index contributed by atoms with van der Waals surface area (Å²) in [5.41, 5.74) is 0.412. The van der Waals surface area contributed by atoms with Gasteiger partial charge in [0.25, 0.3) is 0 Å². The Bertz CT molecular complexity index is 185. The van der Waals surface area contributed by atoms with Crippen molar-refractivity contribution in [2.24, 2.45) is 5.92 Å². The monoisotopic (exact) mass is 212 g/mol. The lowest BCUT2D eigenvalue weighted by Gasteiger charge is -2.46. The molecule has 0 aromatic heterocycles. The van der Waals surface area contributed by atoms with E-state index in [1.807, 2.05) is 0 Å². The molecule has 1 atom stereocenters. The minimum atomic E-state index is 0.412. The van der Waals surface area contributed by atoms with Crippen LogP contribution in [-0.2, 0) is 0 Å². The summed E-state index contributed by atoms with van der Waals surface area (Å²) in [6.45, 7) is 15.3. The molecule has 0 aliphatic carbocycles. The Balaban J connectivity index is 2.62. The summed E-state index contributed by atoms with van der Waals surface area (Å²) in [5.74, 6) is 0.741. The number of hydrogen-bond donors (Lipinski definition) is 1. The van der Waals surface area contributed by atoms with Crippen molar-refractivity contribution < 1.29 is 0 Å². The van der Waals surface area contributed by atoms with Gasteiger partial charge in [0.15, 0.2) is 0 Å². The summed E-state index contributed by atoms with van der Waals surface area (Å²) in [6, 6.07) is 0.677. The molecule has 1 rings (SSSR count). The third-order valence-electron chi connectivity index (χ3n) is 4.30. The van der Waals surface area contributed by atoms with Gasteiger partial charge in [-0.2, -0.15) is 0 Å². The number of nitrogens with zero attached hydrogens (tertiary/aromatic N) is 1. The molecule has 1 N–H and O–H groups in total. The highest BCUT2D eigenvalue weighted by Gasteiger charge is 2.32. The van der Waals surface area contributed by atoms with Crippen molar-refractivity contribution in [2.45, 2.75) is 59.0 Å². The summed E-state index contributed by atoms with van der Waals surface area (Å²) < 4.78 is 0. The molecule has 0 aromatic rings. The first-order valence-electron chi connectivity index (χ1n) is 6.52. The minimum absolute atomic E-state index is 0.412. The van der Waals surface area contributed by atoms with Crippen molar-refractivity contribution in [2.75, 3.05) is 19.6 Å².